The second-order valence-electron chi connectivity index (χ2n) is 6.11. The van der Waals surface area contributed by atoms with E-state index in [1.807, 2.05) is 0 Å². The normalized spacial score (nSPS) is 12.3. The number of alkyl carbamates (subject to hydrolysis) is 1. The van der Waals surface area contributed by atoms with Gasteiger partial charge < -0.3 is 14.8 Å². The Bertz CT molecular complexity index is 303. The molecule has 0 heterocycles. The summed E-state index contributed by atoms with van der Waals surface area (Å²) in [6.07, 6.45) is 2.52. The lowest BCUT2D eigenvalue weighted by Crippen LogP contribution is -2.33. The molecule has 0 aromatic carbocycles. The Kier molecular flexibility index (Phi) is 10.7. The van der Waals surface area contributed by atoms with Gasteiger partial charge in [-0.1, -0.05) is 27.2 Å². The van der Waals surface area contributed by atoms with Gasteiger partial charge in [0, 0.05) is 6.54 Å². The van der Waals surface area contributed by atoms with E-state index in [4.69, 9.17) is 9.47 Å². The number of hydrogen-bond acceptors (Lipinski definition) is 4. The smallest absolute Gasteiger partial charge is 0.407 e. The van der Waals surface area contributed by atoms with E-state index in [-0.39, 0.29) is 18.0 Å². The number of carbonyl (C=O) groups is 2. The molecule has 0 unspecified atom stereocenters. The predicted molar refractivity (Wildman–Crippen MR) is 83.0 cm³/mol. The van der Waals surface area contributed by atoms with Crippen molar-refractivity contribution in [2.45, 2.75) is 66.4 Å². The van der Waals surface area contributed by atoms with Gasteiger partial charge >= 0.3 is 12.1 Å². The van der Waals surface area contributed by atoms with Gasteiger partial charge in [-0.05, 0) is 38.5 Å². The molecule has 1 N–H and O–H groups in total. The van der Waals surface area contributed by atoms with Gasteiger partial charge in [0.2, 0.25) is 0 Å². The summed E-state index contributed by atoms with van der Waals surface area (Å²) in [7, 11) is 0. The summed E-state index contributed by atoms with van der Waals surface area (Å²) in [5, 5.41) is 2.72. The highest BCUT2D eigenvalue weighted by molar-refractivity contribution is 5.70. The third kappa shape index (κ3) is 12.2. The number of ether oxygens (including phenoxy) is 2. The SMILES string of the molecule is CCCCOC(=O)C[C@@H](CNC(=O)OC(C)C)CC(C)C. The number of nitrogens with one attached hydrogen (secondary N) is 1. The predicted octanol–water partition coefficient (Wildman–Crippen LogP) is 3.52. The van der Waals surface area contributed by atoms with E-state index < -0.39 is 6.09 Å². The van der Waals surface area contributed by atoms with E-state index >= 15 is 0 Å². The fraction of sp³-hybridized carbons (Fsp3) is 0.875. The van der Waals surface area contributed by atoms with Gasteiger partial charge in [-0.15, -0.1) is 0 Å². The van der Waals surface area contributed by atoms with Gasteiger partial charge in [0.1, 0.15) is 0 Å². The number of unbranched alkanes of at least 4 members (excludes halogenated alkanes) is 1. The first-order valence-corrected chi connectivity index (χ1v) is 7.95. The highest BCUT2D eigenvalue weighted by Gasteiger charge is 2.18. The number of rotatable bonds is 10. The van der Waals surface area contributed by atoms with Crippen LogP contribution in [0.25, 0.3) is 0 Å². The second-order valence-corrected chi connectivity index (χ2v) is 6.11. The molecule has 124 valence electrons. The lowest BCUT2D eigenvalue weighted by Gasteiger charge is -2.19. The topological polar surface area (TPSA) is 64.6 Å². The van der Waals surface area contributed by atoms with E-state index in [0.29, 0.717) is 25.5 Å². The maximum atomic E-state index is 11.8. The monoisotopic (exact) mass is 301 g/mol. The van der Waals surface area contributed by atoms with Gasteiger partial charge in [0.15, 0.2) is 0 Å². The summed E-state index contributed by atoms with van der Waals surface area (Å²) in [4.78, 5) is 23.3. The van der Waals surface area contributed by atoms with Crippen LogP contribution in [-0.2, 0) is 14.3 Å². The molecular weight excluding hydrogens is 270 g/mol. The molecule has 0 radical (unpaired) electrons. The molecule has 21 heavy (non-hydrogen) atoms. The van der Waals surface area contributed by atoms with Crippen LogP contribution in [0.15, 0.2) is 0 Å². The third-order valence-corrected chi connectivity index (χ3v) is 2.90. The zero-order valence-electron chi connectivity index (χ0n) is 14.1. The molecule has 0 aromatic heterocycles. The van der Waals surface area contributed by atoms with Crippen molar-refractivity contribution in [3.05, 3.63) is 0 Å². The van der Waals surface area contributed by atoms with Crippen LogP contribution in [0.3, 0.4) is 0 Å². The van der Waals surface area contributed by atoms with Crippen molar-refractivity contribution in [1.29, 1.82) is 0 Å². The minimum Gasteiger partial charge on any atom is -0.466 e. The summed E-state index contributed by atoms with van der Waals surface area (Å²) >= 11 is 0. The van der Waals surface area contributed by atoms with Crippen LogP contribution in [0.1, 0.15) is 60.3 Å². The molecule has 0 aromatic rings. The first-order chi connectivity index (χ1) is 9.85. The lowest BCUT2D eigenvalue weighted by atomic mass is 9.94. The number of esters is 1. The third-order valence-electron chi connectivity index (χ3n) is 2.90. The molecule has 0 fully saturated rings. The first-order valence-electron chi connectivity index (χ1n) is 7.95. The summed E-state index contributed by atoms with van der Waals surface area (Å²) in [6.45, 7) is 10.8. The van der Waals surface area contributed by atoms with Crippen LogP contribution in [0, 0.1) is 11.8 Å². The molecule has 0 bridgehead atoms. The Morgan fingerprint density at radius 2 is 1.81 bits per heavy atom. The van der Waals surface area contributed by atoms with Crippen molar-refractivity contribution >= 4 is 12.1 Å². The van der Waals surface area contributed by atoms with Crippen LogP contribution in [0.4, 0.5) is 4.79 Å². The Hall–Kier alpha value is -1.26. The molecule has 0 saturated heterocycles. The molecule has 0 spiro atoms. The first kappa shape index (κ1) is 19.7. The van der Waals surface area contributed by atoms with Crippen LogP contribution >= 0.6 is 0 Å². The van der Waals surface area contributed by atoms with Crippen molar-refractivity contribution < 1.29 is 19.1 Å². The second kappa shape index (κ2) is 11.4. The lowest BCUT2D eigenvalue weighted by molar-refractivity contribution is -0.145. The summed E-state index contributed by atoms with van der Waals surface area (Å²) in [6, 6.07) is 0. The Balaban J connectivity index is 4.19. The van der Waals surface area contributed by atoms with Gasteiger partial charge in [-0.2, -0.15) is 0 Å². The van der Waals surface area contributed by atoms with Crippen LogP contribution in [0.5, 0.6) is 0 Å². The van der Waals surface area contributed by atoms with Crippen LogP contribution in [0.2, 0.25) is 0 Å². The Morgan fingerprint density at radius 1 is 1.14 bits per heavy atom. The molecule has 0 saturated carbocycles. The van der Waals surface area contributed by atoms with E-state index in [0.717, 1.165) is 19.3 Å². The number of hydrogen-bond donors (Lipinski definition) is 1. The fourth-order valence-corrected chi connectivity index (χ4v) is 2.01. The molecular formula is C16H31NO4. The minimum absolute atomic E-state index is 0.0823. The van der Waals surface area contributed by atoms with Gasteiger partial charge in [-0.25, -0.2) is 4.79 Å². The number of carbonyl (C=O) groups excluding carboxylic acids is 2. The molecule has 0 rings (SSSR count). The molecule has 1 amide bonds. The van der Waals surface area contributed by atoms with Crippen molar-refractivity contribution in [2.24, 2.45) is 11.8 Å². The van der Waals surface area contributed by atoms with Crippen LogP contribution < -0.4 is 5.32 Å². The average molecular weight is 301 g/mol. The molecule has 0 aliphatic rings. The largest absolute Gasteiger partial charge is 0.466 e. The van der Waals surface area contributed by atoms with E-state index in [1.165, 1.54) is 0 Å². The summed E-state index contributed by atoms with van der Waals surface area (Å²) in [5.41, 5.74) is 0. The van der Waals surface area contributed by atoms with E-state index in [1.54, 1.807) is 13.8 Å². The van der Waals surface area contributed by atoms with Gasteiger partial charge in [-0.3, -0.25) is 4.79 Å². The summed E-state index contributed by atoms with van der Waals surface area (Å²) in [5.74, 6) is 0.355. The van der Waals surface area contributed by atoms with Gasteiger partial charge in [0.25, 0.3) is 0 Å². The molecule has 1 atom stereocenters. The maximum absolute atomic E-state index is 11.8. The van der Waals surface area contributed by atoms with Crippen LogP contribution in [-0.4, -0.2) is 31.3 Å². The van der Waals surface area contributed by atoms with E-state index in [9.17, 15) is 9.59 Å². The average Bonchev–Trinajstić information content (AvgIpc) is 2.34. The molecule has 5 nitrogen and oxygen atoms in total. The van der Waals surface area contributed by atoms with Crippen molar-refractivity contribution in [1.82, 2.24) is 5.32 Å². The van der Waals surface area contributed by atoms with Crippen molar-refractivity contribution in [2.75, 3.05) is 13.2 Å². The van der Waals surface area contributed by atoms with E-state index in [2.05, 4.69) is 26.1 Å². The standard InChI is InChI=1S/C16H31NO4/c1-6-7-8-20-15(18)10-14(9-12(2)3)11-17-16(19)21-13(4)5/h12-14H,6-11H2,1-5H3,(H,17,19)/t14-/m0/s1. The number of amides is 1. The molecule has 5 heteroatoms. The quantitative estimate of drug-likeness (QED) is 0.495. The Labute approximate surface area is 128 Å². The van der Waals surface area contributed by atoms with Gasteiger partial charge in [0.05, 0.1) is 19.1 Å². The highest BCUT2D eigenvalue weighted by Crippen LogP contribution is 2.15. The highest BCUT2D eigenvalue weighted by atomic mass is 16.6. The zero-order chi connectivity index (χ0) is 16.3. The maximum Gasteiger partial charge on any atom is 0.407 e. The summed E-state index contributed by atoms with van der Waals surface area (Å²) < 4.78 is 10.2. The van der Waals surface area contributed by atoms with Crippen molar-refractivity contribution in [3.63, 3.8) is 0 Å². The minimum atomic E-state index is -0.432. The molecule has 0 aliphatic heterocycles. The van der Waals surface area contributed by atoms with Crippen molar-refractivity contribution in [3.8, 4) is 0 Å². The molecule has 0 aliphatic carbocycles. The fourth-order valence-electron chi connectivity index (χ4n) is 2.01. The zero-order valence-corrected chi connectivity index (χ0v) is 14.1. The Morgan fingerprint density at radius 3 is 2.33 bits per heavy atom.